The van der Waals surface area contributed by atoms with Crippen LogP contribution in [-0.2, 0) is 0 Å². The number of nitrogens with one attached hydrogen (secondary N) is 1. The molecular weight excluding hydrogens is 222 g/mol. The molecule has 3 nitrogen and oxygen atoms in total. The summed E-state index contributed by atoms with van der Waals surface area (Å²) in [5.74, 6) is 0. The lowest BCUT2D eigenvalue weighted by molar-refractivity contribution is 0.237. The van der Waals surface area contributed by atoms with Crippen molar-refractivity contribution in [3.05, 3.63) is 23.5 Å². The minimum Gasteiger partial charge on any atom is -0.384 e. The summed E-state index contributed by atoms with van der Waals surface area (Å²) in [6.07, 6.45) is 5.82. The lowest BCUT2D eigenvalue weighted by Crippen LogP contribution is -2.33. The molecular formula is C12H18ClN3. The molecule has 1 aromatic rings. The minimum atomic E-state index is 0.544. The van der Waals surface area contributed by atoms with Crippen molar-refractivity contribution in [3.63, 3.8) is 0 Å². The monoisotopic (exact) mass is 239 g/mol. The molecule has 2 rings (SSSR count). The molecule has 0 aliphatic carbocycles. The first-order chi connectivity index (χ1) is 7.84. The van der Waals surface area contributed by atoms with Crippen molar-refractivity contribution < 1.29 is 0 Å². The third-order valence-corrected chi connectivity index (χ3v) is 3.14. The Morgan fingerprint density at radius 1 is 1.31 bits per heavy atom. The second kappa shape index (κ2) is 6.06. The SMILES string of the molecule is Clc1cc(NCCN2CCCCC2)ccn1. The molecule has 1 fully saturated rings. The fourth-order valence-electron chi connectivity index (χ4n) is 2.05. The van der Waals surface area contributed by atoms with E-state index in [1.807, 2.05) is 12.1 Å². The minimum absolute atomic E-state index is 0.544. The zero-order valence-electron chi connectivity index (χ0n) is 9.45. The molecule has 2 heterocycles. The molecule has 1 saturated heterocycles. The van der Waals surface area contributed by atoms with Gasteiger partial charge < -0.3 is 10.2 Å². The maximum absolute atomic E-state index is 5.81. The third-order valence-electron chi connectivity index (χ3n) is 2.93. The maximum Gasteiger partial charge on any atom is 0.131 e. The van der Waals surface area contributed by atoms with Gasteiger partial charge in [-0.1, -0.05) is 18.0 Å². The number of likely N-dealkylation sites (tertiary alicyclic amines) is 1. The van der Waals surface area contributed by atoms with Gasteiger partial charge in [0.1, 0.15) is 5.15 Å². The predicted octanol–water partition coefficient (Wildman–Crippen LogP) is 2.63. The number of hydrogen-bond donors (Lipinski definition) is 1. The normalized spacial score (nSPS) is 17.3. The van der Waals surface area contributed by atoms with Gasteiger partial charge in [0.15, 0.2) is 0 Å². The van der Waals surface area contributed by atoms with E-state index >= 15 is 0 Å². The molecule has 1 aliphatic heterocycles. The van der Waals surface area contributed by atoms with E-state index < -0.39 is 0 Å². The van der Waals surface area contributed by atoms with Crippen molar-refractivity contribution in [2.75, 3.05) is 31.5 Å². The number of halogens is 1. The summed E-state index contributed by atoms with van der Waals surface area (Å²) in [4.78, 5) is 6.47. The summed E-state index contributed by atoms with van der Waals surface area (Å²) >= 11 is 5.81. The van der Waals surface area contributed by atoms with Crippen LogP contribution in [0.25, 0.3) is 0 Å². The van der Waals surface area contributed by atoms with E-state index in [4.69, 9.17) is 11.6 Å². The van der Waals surface area contributed by atoms with Crippen molar-refractivity contribution in [3.8, 4) is 0 Å². The van der Waals surface area contributed by atoms with Crippen molar-refractivity contribution in [2.45, 2.75) is 19.3 Å². The highest BCUT2D eigenvalue weighted by atomic mass is 35.5. The molecule has 0 atom stereocenters. The first kappa shape index (κ1) is 11.7. The fourth-order valence-corrected chi connectivity index (χ4v) is 2.23. The number of rotatable bonds is 4. The standard InChI is InChI=1S/C12H18ClN3/c13-12-10-11(4-5-15-12)14-6-9-16-7-2-1-3-8-16/h4-5,10H,1-3,6-9H2,(H,14,15). The molecule has 4 heteroatoms. The Balaban J connectivity index is 1.71. The highest BCUT2D eigenvalue weighted by Crippen LogP contribution is 2.12. The number of pyridine rings is 1. The Labute approximate surface area is 102 Å². The zero-order valence-corrected chi connectivity index (χ0v) is 10.2. The maximum atomic E-state index is 5.81. The number of hydrogen-bond acceptors (Lipinski definition) is 3. The van der Waals surface area contributed by atoms with Gasteiger partial charge in [0.05, 0.1) is 0 Å². The van der Waals surface area contributed by atoms with Crippen molar-refractivity contribution >= 4 is 17.3 Å². The molecule has 0 radical (unpaired) electrons. The van der Waals surface area contributed by atoms with Gasteiger partial charge in [-0.15, -0.1) is 0 Å². The molecule has 88 valence electrons. The highest BCUT2D eigenvalue weighted by Gasteiger charge is 2.08. The quantitative estimate of drug-likeness (QED) is 0.819. The van der Waals surface area contributed by atoms with Gasteiger partial charge in [0.25, 0.3) is 0 Å². The van der Waals surface area contributed by atoms with E-state index in [0.717, 1.165) is 18.8 Å². The van der Waals surface area contributed by atoms with Crippen LogP contribution in [0.3, 0.4) is 0 Å². The fraction of sp³-hybridized carbons (Fsp3) is 0.583. The molecule has 0 aromatic carbocycles. The van der Waals surface area contributed by atoms with Gasteiger partial charge in [0.2, 0.25) is 0 Å². The van der Waals surface area contributed by atoms with Gasteiger partial charge in [-0.2, -0.15) is 0 Å². The second-order valence-electron chi connectivity index (χ2n) is 4.20. The van der Waals surface area contributed by atoms with E-state index in [2.05, 4.69) is 15.2 Å². The van der Waals surface area contributed by atoms with Gasteiger partial charge >= 0.3 is 0 Å². The van der Waals surface area contributed by atoms with Crippen molar-refractivity contribution in [1.29, 1.82) is 0 Å². The molecule has 16 heavy (non-hydrogen) atoms. The van der Waals surface area contributed by atoms with E-state index in [1.54, 1.807) is 6.20 Å². The van der Waals surface area contributed by atoms with Crippen LogP contribution >= 0.6 is 11.6 Å². The van der Waals surface area contributed by atoms with Crippen LogP contribution in [0.4, 0.5) is 5.69 Å². The lowest BCUT2D eigenvalue weighted by atomic mass is 10.1. The van der Waals surface area contributed by atoms with E-state index in [0.29, 0.717) is 5.15 Å². The van der Waals surface area contributed by atoms with Crippen LogP contribution in [0, 0.1) is 0 Å². The smallest absolute Gasteiger partial charge is 0.131 e. The summed E-state index contributed by atoms with van der Waals surface area (Å²) in [6.45, 7) is 4.58. The molecule has 1 aromatic heterocycles. The van der Waals surface area contributed by atoms with Gasteiger partial charge in [0, 0.05) is 25.0 Å². The largest absolute Gasteiger partial charge is 0.384 e. The predicted molar refractivity (Wildman–Crippen MR) is 68.0 cm³/mol. The zero-order chi connectivity index (χ0) is 11.2. The summed E-state index contributed by atoms with van der Waals surface area (Å²) in [7, 11) is 0. The lowest BCUT2D eigenvalue weighted by Gasteiger charge is -2.26. The van der Waals surface area contributed by atoms with Gasteiger partial charge in [-0.25, -0.2) is 4.98 Å². The number of piperidine rings is 1. The number of anilines is 1. The number of aromatic nitrogens is 1. The second-order valence-corrected chi connectivity index (χ2v) is 4.58. The van der Waals surface area contributed by atoms with Crippen molar-refractivity contribution in [1.82, 2.24) is 9.88 Å². The highest BCUT2D eigenvalue weighted by molar-refractivity contribution is 6.29. The molecule has 0 unspecified atom stereocenters. The van der Waals surface area contributed by atoms with Crippen LogP contribution in [-0.4, -0.2) is 36.1 Å². The van der Waals surface area contributed by atoms with E-state index in [1.165, 1.54) is 32.4 Å². The third kappa shape index (κ3) is 3.65. The summed E-state index contributed by atoms with van der Waals surface area (Å²) in [5, 5.41) is 3.91. The summed E-state index contributed by atoms with van der Waals surface area (Å²) < 4.78 is 0. The summed E-state index contributed by atoms with van der Waals surface area (Å²) in [5.41, 5.74) is 1.05. The van der Waals surface area contributed by atoms with Crippen LogP contribution in [0.5, 0.6) is 0 Å². The Kier molecular flexibility index (Phi) is 4.43. The van der Waals surface area contributed by atoms with Gasteiger partial charge in [-0.05, 0) is 38.1 Å². The van der Waals surface area contributed by atoms with Crippen LogP contribution in [0.1, 0.15) is 19.3 Å². The first-order valence-electron chi connectivity index (χ1n) is 5.92. The van der Waals surface area contributed by atoms with Crippen LogP contribution in [0.2, 0.25) is 5.15 Å². The topological polar surface area (TPSA) is 28.2 Å². The molecule has 0 saturated carbocycles. The number of nitrogens with zero attached hydrogens (tertiary/aromatic N) is 2. The van der Waals surface area contributed by atoms with E-state index in [9.17, 15) is 0 Å². The molecule has 0 amide bonds. The Morgan fingerprint density at radius 2 is 2.12 bits per heavy atom. The van der Waals surface area contributed by atoms with Gasteiger partial charge in [-0.3, -0.25) is 0 Å². The molecule has 0 bridgehead atoms. The van der Waals surface area contributed by atoms with E-state index in [-0.39, 0.29) is 0 Å². The molecule has 1 N–H and O–H groups in total. The average Bonchev–Trinajstić information content (AvgIpc) is 2.30. The summed E-state index contributed by atoms with van der Waals surface area (Å²) in [6, 6.07) is 3.81. The van der Waals surface area contributed by atoms with Crippen molar-refractivity contribution in [2.24, 2.45) is 0 Å². The molecule has 1 aliphatic rings. The van der Waals surface area contributed by atoms with Crippen LogP contribution < -0.4 is 5.32 Å². The Hall–Kier alpha value is -0.800. The Morgan fingerprint density at radius 3 is 2.88 bits per heavy atom. The first-order valence-corrected chi connectivity index (χ1v) is 6.30. The average molecular weight is 240 g/mol. The Bertz CT molecular complexity index is 324. The van der Waals surface area contributed by atoms with Crippen LogP contribution in [0.15, 0.2) is 18.3 Å². The molecule has 0 spiro atoms.